The first-order valence-corrected chi connectivity index (χ1v) is 9.04. The summed E-state index contributed by atoms with van der Waals surface area (Å²) in [6.07, 6.45) is 1.80. The Morgan fingerprint density at radius 2 is 2.14 bits per heavy atom. The molecule has 0 bridgehead atoms. The van der Waals surface area contributed by atoms with Gasteiger partial charge in [0.15, 0.2) is 0 Å². The minimum atomic E-state index is -3.64. The topological polar surface area (TPSA) is 74.7 Å². The third-order valence-electron chi connectivity index (χ3n) is 4.01. The van der Waals surface area contributed by atoms with Gasteiger partial charge in [0.2, 0.25) is 10.0 Å². The predicted molar refractivity (Wildman–Crippen MR) is 83.0 cm³/mol. The number of hydrogen-bond acceptors (Lipinski definition) is 3. The molecule has 0 amide bonds. The van der Waals surface area contributed by atoms with Gasteiger partial charge in [-0.1, -0.05) is 29.3 Å². The van der Waals surface area contributed by atoms with Gasteiger partial charge in [0.05, 0.1) is 10.5 Å². The van der Waals surface area contributed by atoms with Crippen molar-refractivity contribution >= 4 is 31.9 Å². The summed E-state index contributed by atoms with van der Waals surface area (Å²) in [5, 5.41) is 9.20. The van der Waals surface area contributed by atoms with Gasteiger partial charge in [0.25, 0.3) is 0 Å². The molecule has 21 heavy (non-hydrogen) atoms. The lowest BCUT2D eigenvalue weighted by Gasteiger charge is -2.17. The molecular weight excluding hydrogens is 358 g/mol. The van der Waals surface area contributed by atoms with E-state index in [-0.39, 0.29) is 10.5 Å². The van der Waals surface area contributed by atoms with Crippen molar-refractivity contribution in [2.75, 3.05) is 13.1 Å². The largest absolute Gasteiger partial charge is 0.478 e. The summed E-state index contributed by atoms with van der Waals surface area (Å²) in [5.41, 5.74) is 0.531. The maximum Gasteiger partial charge on any atom is 0.336 e. The van der Waals surface area contributed by atoms with Gasteiger partial charge in [-0.15, -0.1) is 0 Å². The maximum atomic E-state index is 12.6. The second-order valence-corrected chi connectivity index (χ2v) is 8.10. The summed E-state index contributed by atoms with van der Waals surface area (Å²) in [6, 6.07) is 2.73. The molecule has 0 radical (unpaired) electrons. The van der Waals surface area contributed by atoms with E-state index in [2.05, 4.69) is 15.9 Å². The molecule has 0 aliphatic carbocycles. The van der Waals surface area contributed by atoms with Gasteiger partial charge in [-0.05, 0) is 37.0 Å². The number of carboxylic acids is 1. The Labute approximate surface area is 133 Å². The molecule has 1 heterocycles. The molecule has 1 aliphatic rings. The number of aromatic carboxylic acids is 1. The van der Waals surface area contributed by atoms with Crippen molar-refractivity contribution in [3.63, 3.8) is 0 Å². The first kappa shape index (κ1) is 16.5. The molecule has 2 rings (SSSR count). The van der Waals surface area contributed by atoms with Gasteiger partial charge >= 0.3 is 5.97 Å². The van der Waals surface area contributed by atoms with Crippen LogP contribution in [0, 0.1) is 12.8 Å². The highest BCUT2D eigenvalue weighted by Crippen LogP contribution is 2.30. The lowest BCUT2D eigenvalue weighted by molar-refractivity contribution is 0.0695. The number of sulfonamides is 1. The van der Waals surface area contributed by atoms with Crippen LogP contribution in [0.25, 0.3) is 0 Å². The van der Waals surface area contributed by atoms with Gasteiger partial charge in [0, 0.05) is 17.6 Å². The average Bonchev–Trinajstić information content (AvgIpc) is 2.90. The Hall–Kier alpha value is -0.920. The molecule has 1 unspecified atom stereocenters. The highest BCUT2D eigenvalue weighted by molar-refractivity contribution is 9.10. The van der Waals surface area contributed by atoms with E-state index in [1.54, 1.807) is 6.92 Å². The third kappa shape index (κ3) is 3.14. The van der Waals surface area contributed by atoms with E-state index >= 15 is 0 Å². The van der Waals surface area contributed by atoms with Crippen molar-refractivity contribution in [2.45, 2.75) is 31.6 Å². The first-order chi connectivity index (χ1) is 9.77. The summed E-state index contributed by atoms with van der Waals surface area (Å²) in [5.74, 6) is -0.745. The van der Waals surface area contributed by atoms with Crippen LogP contribution in [0.2, 0.25) is 0 Å². The van der Waals surface area contributed by atoms with Crippen LogP contribution >= 0.6 is 15.9 Å². The Morgan fingerprint density at radius 1 is 1.48 bits per heavy atom. The molecule has 1 aromatic rings. The van der Waals surface area contributed by atoms with Gasteiger partial charge in [-0.3, -0.25) is 0 Å². The zero-order valence-electron chi connectivity index (χ0n) is 12.0. The van der Waals surface area contributed by atoms with Crippen LogP contribution in [0.5, 0.6) is 0 Å². The number of nitrogens with zero attached hydrogens (tertiary/aromatic N) is 1. The molecule has 0 spiro atoms. The average molecular weight is 376 g/mol. The summed E-state index contributed by atoms with van der Waals surface area (Å²) in [6.45, 7) is 4.69. The van der Waals surface area contributed by atoms with E-state index in [1.165, 1.54) is 16.4 Å². The SMILES string of the molecule is CCC1CCN(S(=O)(=O)c2cc(Br)c(C)c(C(=O)O)c2)C1. The zero-order chi connectivity index (χ0) is 15.8. The predicted octanol–water partition coefficient (Wildman–Crippen LogP) is 2.88. The third-order valence-corrected chi connectivity index (χ3v) is 6.68. The van der Waals surface area contributed by atoms with Crippen LogP contribution < -0.4 is 0 Å². The molecular formula is C14H18BrNO4S. The molecule has 1 aliphatic heterocycles. The van der Waals surface area contributed by atoms with E-state index in [4.69, 9.17) is 0 Å². The second kappa shape index (κ2) is 6.06. The summed E-state index contributed by atoms with van der Waals surface area (Å²) < 4.78 is 27.2. The molecule has 0 aromatic heterocycles. The summed E-state index contributed by atoms with van der Waals surface area (Å²) in [7, 11) is -3.64. The van der Waals surface area contributed by atoms with Crippen LogP contribution in [0.4, 0.5) is 0 Å². The standard InChI is InChI=1S/C14H18BrNO4S/c1-3-10-4-5-16(8-10)21(19,20)11-6-12(14(17)18)9(2)13(15)7-11/h6-7,10H,3-5,8H2,1-2H3,(H,17,18). The van der Waals surface area contributed by atoms with Crippen LogP contribution in [-0.4, -0.2) is 36.9 Å². The smallest absolute Gasteiger partial charge is 0.336 e. The van der Waals surface area contributed by atoms with Crippen molar-refractivity contribution in [3.8, 4) is 0 Å². The van der Waals surface area contributed by atoms with Crippen molar-refractivity contribution < 1.29 is 18.3 Å². The molecule has 116 valence electrons. The van der Waals surface area contributed by atoms with Crippen molar-refractivity contribution in [1.29, 1.82) is 0 Å². The highest BCUT2D eigenvalue weighted by atomic mass is 79.9. The molecule has 0 saturated carbocycles. The monoisotopic (exact) mass is 375 g/mol. The Bertz CT molecular complexity index is 672. The maximum absolute atomic E-state index is 12.6. The number of carbonyl (C=O) groups is 1. The van der Waals surface area contributed by atoms with Gasteiger partial charge in [-0.25, -0.2) is 13.2 Å². The van der Waals surface area contributed by atoms with Gasteiger partial charge in [0.1, 0.15) is 0 Å². The first-order valence-electron chi connectivity index (χ1n) is 6.81. The van der Waals surface area contributed by atoms with Crippen molar-refractivity contribution in [1.82, 2.24) is 4.31 Å². The molecule has 1 atom stereocenters. The Morgan fingerprint density at radius 3 is 2.67 bits per heavy atom. The van der Waals surface area contributed by atoms with Gasteiger partial charge < -0.3 is 5.11 Å². The summed E-state index contributed by atoms with van der Waals surface area (Å²) in [4.78, 5) is 11.3. The molecule has 5 nitrogen and oxygen atoms in total. The van der Waals surface area contributed by atoms with E-state index in [9.17, 15) is 18.3 Å². The second-order valence-electron chi connectivity index (χ2n) is 5.31. The van der Waals surface area contributed by atoms with Crippen LogP contribution in [-0.2, 0) is 10.0 Å². The highest BCUT2D eigenvalue weighted by Gasteiger charge is 2.32. The Kier molecular flexibility index (Phi) is 4.75. The quantitative estimate of drug-likeness (QED) is 0.877. The Balaban J connectivity index is 2.44. The van der Waals surface area contributed by atoms with E-state index in [0.717, 1.165) is 12.8 Å². The number of rotatable bonds is 4. The molecule has 1 N–H and O–H groups in total. The number of benzene rings is 1. The van der Waals surface area contributed by atoms with Crippen LogP contribution in [0.1, 0.15) is 35.7 Å². The van der Waals surface area contributed by atoms with Crippen LogP contribution in [0.15, 0.2) is 21.5 Å². The lowest BCUT2D eigenvalue weighted by atomic mass is 10.1. The fraction of sp³-hybridized carbons (Fsp3) is 0.500. The minimum Gasteiger partial charge on any atom is -0.478 e. The zero-order valence-corrected chi connectivity index (χ0v) is 14.4. The van der Waals surface area contributed by atoms with Crippen molar-refractivity contribution in [3.05, 3.63) is 27.7 Å². The lowest BCUT2D eigenvalue weighted by Crippen LogP contribution is -2.29. The molecule has 1 saturated heterocycles. The fourth-order valence-corrected chi connectivity index (χ4v) is 4.72. The minimum absolute atomic E-state index is 0.00851. The number of hydrogen-bond donors (Lipinski definition) is 1. The molecule has 1 aromatic carbocycles. The fourth-order valence-electron chi connectivity index (χ4n) is 2.52. The normalized spacial score (nSPS) is 19.9. The number of halogens is 1. The summed E-state index contributed by atoms with van der Waals surface area (Å²) >= 11 is 3.25. The van der Waals surface area contributed by atoms with Crippen molar-refractivity contribution in [2.24, 2.45) is 5.92 Å². The van der Waals surface area contributed by atoms with Gasteiger partial charge in [-0.2, -0.15) is 4.31 Å². The number of carboxylic acid groups (broad SMARTS) is 1. The molecule has 1 fully saturated rings. The van der Waals surface area contributed by atoms with E-state index in [0.29, 0.717) is 29.0 Å². The van der Waals surface area contributed by atoms with E-state index in [1.807, 2.05) is 6.92 Å². The van der Waals surface area contributed by atoms with E-state index < -0.39 is 16.0 Å². The van der Waals surface area contributed by atoms with Crippen LogP contribution in [0.3, 0.4) is 0 Å². The molecule has 7 heteroatoms.